The molecular formula is C15H28N4O. The molecule has 5 heteroatoms. The molecule has 0 bridgehead atoms. The maximum Gasteiger partial charge on any atom is 0.254 e. The van der Waals surface area contributed by atoms with E-state index in [1.54, 1.807) is 0 Å². The van der Waals surface area contributed by atoms with Crippen LogP contribution in [0.4, 0.5) is 0 Å². The number of likely N-dealkylation sites (tertiary alicyclic amines) is 1. The van der Waals surface area contributed by atoms with Gasteiger partial charge in [0.05, 0.1) is 0 Å². The molecule has 1 spiro atoms. The normalized spacial score (nSPS) is 28.2. The molecule has 2 N–H and O–H groups in total. The third-order valence-electron chi connectivity index (χ3n) is 3.92. The Morgan fingerprint density at radius 3 is 2.75 bits per heavy atom. The van der Waals surface area contributed by atoms with Crippen molar-refractivity contribution in [1.82, 2.24) is 15.5 Å². The van der Waals surface area contributed by atoms with Gasteiger partial charge in [0, 0.05) is 12.1 Å². The zero-order chi connectivity index (χ0) is 14.8. The van der Waals surface area contributed by atoms with Crippen LogP contribution in [0.2, 0.25) is 0 Å². The molecule has 0 aromatic carbocycles. The summed E-state index contributed by atoms with van der Waals surface area (Å²) in [6.45, 7) is 11.6. The van der Waals surface area contributed by atoms with Crippen LogP contribution in [0.3, 0.4) is 0 Å². The Morgan fingerprint density at radius 1 is 1.35 bits per heavy atom. The largest absolute Gasteiger partial charge is 0.351 e. The van der Waals surface area contributed by atoms with Gasteiger partial charge in [-0.15, -0.1) is 0 Å². The second-order valence-electron chi connectivity index (χ2n) is 7.02. The molecule has 0 aromatic rings. The van der Waals surface area contributed by atoms with Crippen molar-refractivity contribution in [1.29, 1.82) is 0 Å². The number of rotatable bonds is 2. The van der Waals surface area contributed by atoms with Crippen LogP contribution in [0, 0.1) is 0 Å². The molecule has 2 rings (SSSR count). The van der Waals surface area contributed by atoms with Gasteiger partial charge in [-0.3, -0.25) is 10.1 Å². The summed E-state index contributed by atoms with van der Waals surface area (Å²) in [4.78, 5) is 19.5. The molecule has 0 radical (unpaired) electrons. The van der Waals surface area contributed by atoms with E-state index < -0.39 is 5.54 Å². The van der Waals surface area contributed by atoms with Gasteiger partial charge in [0.15, 0.2) is 5.96 Å². The minimum Gasteiger partial charge on any atom is -0.351 e. The van der Waals surface area contributed by atoms with Crippen LogP contribution in [-0.2, 0) is 4.79 Å². The number of nitrogens with zero attached hydrogens (tertiary/aromatic N) is 2. The molecule has 1 amide bonds. The number of nitrogens with one attached hydrogen (secondary N) is 2. The van der Waals surface area contributed by atoms with E-state index in [-0.39, 0.29) is 11.4 Å². The smallest absolute Gasteiger partial charge is 0.254 e. The van der Waals surface area contributed by atoms with Gasteiger partial charge in [0.2, 0.25) is 0 Å². The van der Waals surface area contributed by atoms with E-state index in [1.165, 1.54) is 6.42 Å². The Hall–Kier alpha value is -1.10. The highest BCUT2D eigenvalue weighted by Gasteiger charge is 2.44. The Morgan fingerprint density at radius 2 is 2.10 bits per heavy atom. The Labute approximate surface area is 122 Å². The molecule has 0 aliphatic carbocycles. The first kappa shape index (κ1) is 15.3. The van der Waals surface area contributed by atoms with Crippen molar-refractivity contribution in [2.45, 2.75) is 64.5 Å². The van der Waals surface area contributed by atoms with Crippen LogP contribution in [0.1, 0.15) is 53.4 Å². The Kier molecular flexibility index (Phi) is 4.37. The van der Waals surface area contributed by atoms with Gasteiger partial charge in [0.25, 0.3) is 5.91 Å². The molecule has 2 heterocycles. The molecular weight excluding hydrogens is 252 g/mol. The number of carbonyl (C=O) groups is 1. The molecule has 0 aromatic heterocycles. The van der Waals surface area contributed by atoms with Crippen molar-refractivity contribution in [3.63, 3.8) is 0 Å². The molecule has 20 heavy (non-hydrogen) atoms. The second kappa shape index (κ2) is 5.72. The van der Waals surface area contributed by atoms with E-state index in [0.717, 1.165) is 38.9 Å². The third-order valence-corrected chi connectivity index (χ3v) is 3.92. The van der Waals surface area contributed by atoms with Crippen molar-refractivity contribution in [2.75, 3.05) is 19.6 Å². The quantitative estimate of drug-likeness (QED) is 0.806. The van der Waals surface area contributed by atoms with Crippen molar-refractivity contribution < 1.29 is 4.79 Å². The van der Waals surface area contributed by atoms with Crippen molar-refractivity contribution >= 4 is 11.9 Å². The molecule has 1 fully saturated rings. The predicted octanol–water partition coefficient (Wildman–Crippen LogP) is 1.49. The molecule has 1 atom stereocenters. The van der Waals surface area contributed by atoms with E-state index in [4.69, 9.17) is 4.99 Å². The van der Waals surface area contributed by atoms with Crippen LogP contribution in [0.15, 0.2) is 4.99 Å². The first-order valence-corrected chi connectivity index (χ1v) is 7.76. The Bertz CT molecular complexity index is 399. The zero-order valence-corrected chi connectivity index (χ0v) is 13.3. The number of carbonyl (C=O) groups excluding carboxylic acids is 1. The molecule has 2 aliphatic heterocycles. The Balaban J connectivity index is 2.07. The van der Waals surface area contributed by atoms with Crippen LogP contribution in [-0.4, -0.2) is 47.5 Å². The van der Waals surface area contributed by atoms with Crippen LogP contribution >= 0.6 is 0 Å². The van der Waals surface area contributed by atoms with E-state index in [1.807, 2.05) is 0 Å². The first-order valence-electron chi connectivity index (χ1n) is 7.76. The summed E-state index contributed by atoms with van der Waals surface area (Å²) in [6, 6.07) is 0. The van der Waals surface area contributed by atoms with Gasteiger partial charge >= 0.3 is 0 Å². The van der Waals surface area contributed by atoms with E-state index in [9.17, 15) is 4.79 Å². The predicted molar refractivity (Wildman–Crippen MR) is 81.8 cm³/mol. The third kappa shape index (κ3) is 3.51. The fraction of sp³-hybridized carbons (Fsp3) is 0.867. The summed E-state index contributed by atoms with van der Waals surface area (Å²) < 4.78 is 0. The summed E-state index contributed by atoms with van der Waals surface area (Å²) in [7, 11) is 0. The van der Waals surface area contributed by atoms with E-state index in [0.29, 0.717) is 5.96 Å². The maximum absolute atomic E-state index is 12.4. The van der Waals surface area contributed by atoms with Crippen molar-refractivity contribution in [3.05, 3.63) is 0 Å². The summed E-state index contributed by atoms with van der Waals surface area (Å²) >= 11 is 0. The number of guanidine groups is 1. The molecule has 5 nitrogen and oxygen atoms in total. The topological polar surface area (TPSA) is 56.7 Å². The summed E-state index contributed by atoms with van der Waals surface area (Å²) in [5.74, 6) is 0.717. The lowest BCUT2D eigenvalue weighted by Gasteiger charge is -2.22. The standard InChI is InChI=1S/C15H28N4O/c1-5-9-19-10-6-7-15(8-11-19)12(20)16-13(18-15)17-14(2,3)4/h5-11H2,1-4H3,(H2,16,17,18,20). The zero-order valence-electron chi connectivity index (χ0n) is 13.3. The van der Waals surface area contributed by atoms with Crippen LogP contribution in [0.5, 0.6) is 0 Å². The van der Waals surface area contributed by atoms with Gasteiger partial charge in [-0.1, -0.05) is 6.92 Å². The highest BCUT2D eigenvalue weighted by atomic mass is 16.2. The van der Waals surface area contributed by atoms with E-state index >= 15 is 0 Å². The number of hydrogen-bond donors (Lipinski definition) is 2. The minimum absolute atomic E-state index is 0.0719. The minimum atomic E-state index is -0.532. The maximum atomic E-state index is 12.4. The van der Waals surface area contributed by atoms with Gasteiger partial charge in [-0.05, 0) is 59.5 Å². The van der Waals surface area contributed by atoms with E-state index in [2.05, 4.69) is 43.2 Å². The number of aliphatic imine (C=N–C) groups is 1. The summed E-state index contributed by atoms with van der Waals surface area (Å²) in [5, 5.41) is 6.21. The fourth-order valence-electron chi connectivity index (χ4n) is 2.98. The van der Waals surface area contributed by atoms with Gasteiger partial charge in [-0.2, -0.15) is 0 Å². The van der Waals surface area contributed by atoms with Gasteiger partial charge in [-0.25, -0.2) is 4.99 Å². The lowest BCUT2D eigenvalue weighted by molar-refractivity contribution is -0.124. The molecule has 2 aliphatic rings. The lowest BCUT2D eigenvalue weighted by atomic mass is 9.91. The monoisotopic (exact) mass is 280 g/mol. The SMILES string of the molecule is CCCN1CCCC2(CC1)N=C(NC(C)(C)C)NC2=O. The summed E-state index contributed by atoms with van der Waals surface area (Å²) in [5.41, 5.74) is -0.618. The van der Waals surface area contributed by atoms with Crippen molar-refractivity contribution in [2.24, 2.45) is 4.99 Å². The van der Waals surface area contributed by atoms with Crippen molar-refractivity contribution in [3.8, 4) is 0 Å². The highest BCUT2D eigenvalue weighted by molar-refractivity contribution is 6.07. The molecule has 0 saturated carbocycles. The number of amides is 1. The fourth-order valence-corrected chi connectivity index (χ4v) is 2.98. The molecule has 114 valence electrons. The van der Waals surface area contributed by atoms with Crippen LogP contribution < -0.4 is 10.6 Å². The second-order valence-corrected chi connectivity index (χ2v) is 7.02. The molecule has 1 unspecified atom stereocenters. The average Bonchev–Trinajstić information content (AvgIpc) is 2.49. The molecule has 1 saturated heterocycles. The van der Waals surface area contributed by atoms with Gasteiger partial charge in [0.1, 0.15) is 5.54 Å². The summed E-state index contributed by atoms with van der Waals surface area (Å²) in [6.07, 6.45) is 3.89. The van der Waals surface area contributed by atoms with Crippen LogP contribution in [0.25, 0.3) is 0 Å². The highest BCUT2D eigenvalue weighted by Crippen LogP contribution is 2.30. The number of hydrogen-bond acceptors (Lipinski definition) is 4. The van der Waals surface area contributed by atoms with Gasteiger partial charge < -0.3 is 10.2 Å². The first-order chi connectivity index (χ1) is 9.35. The lowest BCUT2D eigenvalue weighted by Crippen LogP contribution is -2.47. The average molecular weight is 280 g/mol.